The van der Waals surface area contributed by atoms with Crippen LogP contribution < -0.4 is 16.0 Å². The molecule has 1 unspecified atom stereocenters. The monoisotopic (exact) mass is 276 g/mol. The second-order valence-electron chi connectivity index (χ2n) is 5.67. The van der Waals surface area contributed by atoms with Crippen molar-refractivity contribution in [3.05, 3.63) is 6.07 Å². The van der Waals surface area contributed by atoms with E-state index in [1.807, 2.05) is 6.07 Å². The van der Waals surface area contributed by atoms with Gasteiger partial charge in [0.2, 0.25) is 5.95 Å². The lowest BCUT2D eigenvalue weighted by Crippen LogP contribution is -2.50. The van der Waals surface area contributed by atoms with Crippen LogP contribution in [0.2, 0.25) is 0 Å². The summed E-state index contributed by atoms with van der Waals surface area (Å²) < 4.78 is 0. The van der Waals surface area contributed by atoms with Gasteiger partial charge < -0.3 is 16.0 Å². The maximum Gasteiger partial charge on any atom is 0.223 e. The minimum atomic E-state index is 0.356. The highest BCUT2D eigenvalue weighted by Gasteiger charge is 2.31. The van der Waals surface area contributed by atoms with Crippen molar-refractivity contribution < 1.29 is 0 Å². The minimum absolute atomic E-state index is 0.356. The molecule has 0 aromatic carbocycles. The molecule has 0 bridgehead atoms. The smallest absolute Gasteiger partial charge is 0.223 e. The van der Waals surface area contributed by atoms with Crippen LogP contribution in [0.1, 0.15) is 26.2 Å². The molecule has 1 atom stereocenters. The van der Waals surface area contributed by atoms with Crippen LogP contribution in [0.4, 0.5) is 17.6 Å². The lowest BCUT2D eigenvalue weighted by Gasteiger charge is -2.38. The fraction of sp³-hybridized carbons (Fsp3) is 0.714. The molecule has 2 aliphatic heterocycles. The molecule has 110 valence electrons. The van der Waals surface area contributed by atoms with E-state index in [4.69, 9.17) is 5.73 Å². The van der Waals surface area contributed by atoms with Crippen molar-refractivity contribution in [3.8, 4) is 0 Å². The quantitative estimate of drug-likeness (QED) is 0.860. The molecule has 3 heterocycles. The largest absolute Gasteiger partial charge is 0.370 e. The molecular formula is C14H24N6. The van der Waals surface area contributed by atoms with E-state index in [2.05, 4.69) is 32.0 Å². The van der Waals surface area contributed by atoms with Crippen molar-refractivity contribution in [2.75, 3.05) is 48.7 Å². The highest BCUT2D eigenvalue weighted by atomic mass is 15.3. The summed E-state index contributed by atoms with van der Waals surface area (Å²) >= 11 is 0. The zero-order chi connectivity index (χ0) is 13.9. The number of nitrogen functional groups attached to an aromatic ring is 1. The SMILES string of the molecule is CCCNc1cc(N2CCN3CCCC3C2)nc(N)n1. The third-order valence-electron chi connectivity index (χ3n) is 4.20. The van der Waals surface area contributed by atoms with Gasteiger partial charge in [0.25, 0.3) is 0 Å². The lowest BCUT2D eigenvalue weighted by atomic mass is 10.1. The number of piperazine rings is 1. The molecule has 3 rings (SSSR count). The maximum absolute atomic E-state index is 5.85. The van der Waals surface area contributed by atoms with E-state index in [0.717, 1.165) is 44.2 Å². The van der Waals surface area contributed by atoms with Gasteiger partial charge in [-0.05, 0) is 25.8 Å². The Morgan fingerprint density at radius 1 is 1.35 bits per heavy atom. The molecule has 6 nitrogen and oxygen atoms in total. The van der Waals surface area contributed by atoms with Gasteiger partial charge in [-0.3, -0.25) is 4.90 Å². The minimum Gasteiger partial charge on any atom is -0.370 e. The first-order valence-corrected chi connectivity index (χ1v) is 7.63. The lowest BCUT2D eigenvalue weighted by molar-refractivity contribution is 0.230. The number of rotatable bonds is 4. The zero-order valence-electron chi connectivity index (χ0n) is 12.2. The Balaban J connectivity index is 1.74. The van der Waals surface area contributed by atoms with Gasteiger partial charge in [-0.25, -0.2) is 0 Å². The van der Waals surface area contributed by atoms with E-state index in [-0.39, 0.29) is 0 Å². The van der Waals surface area contributed by atoms with E-state index >= 15 is 0 Å². The van der Waals surface area contributed by atoms with Gasteiger partial charge in [0.05, 0.1) is 0 Å². The van der Waals surface area contributed by atoms with Gasteiger partial charge in [0, 0.05) is 38.3 Å². The molecule has 1 aromatic heterocycles. The maximum atomic E-state index is 5.85. The Morgan fingerprint density at radius 3 is 3.10 bits per heavy atom. The van der Waals surface area contributed by atoms with Gasteiger partial charge in [-0.2, -0.15) is 9.97 Å². The normalized spacial score (nSPS) is 22.9. The van der Waals surface area contributed by atoms with Crippen molar-refractivity contribution >= 4 is 17.6 Å². The number of nitrogens with zero attached hydrogens (tertiary/aromatic N) is 4. The summed E-state index contributed by atoms with van der Waals surface area (Å²) in [7, 11) is 0. The van der Waals surface area contributed by atoms with E-state index in [1.54, 1.807) is 0 Å². The second-order valence-corrected chi connectivity index (χ2v) is 5.67. The summed E-state index contributed by atoms with van der Waals surface area (Å²) in [4.78, 5) is 13.6. The first kappa shape index (κ1) is 13.4. The van der Waals surface area contributed by atoms with Crippen molar-refractivity contribution in [1.82, 2.24) is 14.9 Å². The fourth-order valence-electron chi connectivity index (χ4n) is 3.16. The molecule has 0 saturated carbocycles. The van der Waals surface area contributed by atoms with Crippen LogP contribution in [0.5, 0.6) is 0 Å². The van der Waals surface area contributed by atoms with Gasteiger partial charge in [0.1, 0.15) is 11.6 Å². The van der Waals surface area contributed by atoms with Crippen LogP contribution >= 0.6 is 0 Å². The van der Waals surface area contributed by atoms with Gasteiger partial charge in [-0.15, -0.1) is 0 Å². The third kappa shape index (κ3) is 2.80. The van der Waals surface area contributed by atoms with Crippen LogP contribution in [0.25, 0.3) is 0 Å². The van der Waals surface area contributed by atoms with E-state index in [1.165, 1.54) is 19.4 Å². The predicted molar refractivity (Wildman–Crippen MR) is 82.0 cm³/mol. The first-order chi connectivity index (χ1) is 9.76. The number of nitrogens with one attached hydrogen (secondary N) is 1. The van der Waals surface area contributed by atoms with Gasteiger partial charge >= 0.3 is 0 Å². The van der Waals surface area contributed by atoms with Gasteiger partial charge in [0.15, 0.2) is 0 Å². The van der Waals surface area contributed by atoms with Crippen LogP contribution in [0.3, 0.4) is 0 Å². The number of anilines is 3. The van der Waals surface area contributed by atoms with Crippen LogP contribution in [0.15, 0.2) is 6.07 Å². The van der Waals surface area contributed by atoms with Gasteiger partial charge in [-0.1, -0.05) is 6.92 Å². The molecule has 20 heavy (non-hydrogen) atoms. The highest BCUT2D eigenvalue weighted by Crippen LogP contribution is 2.25. The Kier molecular flexibility index (Phi) is 3.91. The third-order valence-corrected chi connectivity index (χ3v) is 4.20. The Labute approximate surface area is 120 Å². The molecule has 2 fully saturated rings. The number of fused-ring (bicyclic) bond motifs is 1. The summed E-state index contributed by atoms with van der Waals surface area (Å²) in [6.07, 6.45) is 3.70. The van der Waals surface area contributed by atoms with E-state index in [9.17, 15) is 0 Å². The average Bonchev–Trinajstić information content (AvgIpc) is 2.92. The second kappa shape index (κ2) is 5.83. The highest BCUT2D eigenvalue weighted by molar-refractivity contribution is 5.53. The molecular weight excluding hydrogens is 252 g/mol. The van der Waals surface area contributed by atoms with Crippen molar-refractivity contribution in [1.29, 1.82) is 0 Å². The number of hydrogen-bond donors (Lipinski definition) is 2. The molecule has 1 aromatic rings. The summed E-state index contributed by atoms with van der Waals surface area (Å²) in [6, 6.07) is 2.71. The predicted octanol–water partition coefficient (Wildman–Crippen LogP) is 1.17. The molecule has 0 amide bonds. The fourth-order valence-corrected chi connectivity index (χ4v) is 3.16. The molecule has 0 spiro atoms. The van der Waals surface area contributed by atoms with Crippen LogP contribution in [-0.2, 0) is 0 Å². The summed E-state index contributed by atoms with van der Waals surface area (Å²) in [5.41, 5.74) is 5.85. The van der Waals surface area contributed by atoms with Crippen molar-refractivity contribution in [3.63, 3.8) is 0 Å². The number of aromatic nitrogens is 2. The molecule has 0 radical (unpaired) electrons. The standard InChI is InChI=1S/C14H24N6/c1-2-5-16-12-9-13(18-14(15)17-12)20-8-7-19-6-3-4-11(19)10-20/h9,11H,2-8,10H2,1H3,(H3,15,16,17,18). The molecule has 0 aliphatic carbocycles. The van der Waals surface area contributed by atoms with Crippen LogP contribution in [0, 0.1) is 0 Å². The first-order valence-electron chi connectivity index (χ1n) is 7.63. The number of hydrogen-bond acceptors (Lipinski definition) is 6. The molecule has 6 heteroatoms. The molecule has 2 aliphatic rings. The van der Waals surface area contributed by atoms with Crippen molar-refractivity contribution in [2.24, 2.45) is 0 Å². The summed E-state index contributed by atoms with van der Waals surface area (Å²) in [5.74, 6) is 2.15. The zero-order valence-corrected chi connectivity index (χ0v) is 12.2. The van der Waals surface area contributed by atoms with Crippen LogP contribution in [-0.4, -0.2) is 53.6 Å². The molecule has 3 N–H and O–H groups in total. The Hall–Kier alpha value is -1.56. The summed E-state index contributed by atoms with van der Waals surface area (Å²) in [6.45, 7) is 7.52. The summed E-state index contributed by atoms with van der Waals surface area (Å²) in [5, 5.41) is 3.29. The van der Waals surface area contributed by atoms with E-state index in [0.29, 0.717) is 12.0 Å². The molecule has 2 saturated heterocycles. The van der Waals surface area contributed by atoms with Crippen molar-refractivity contribution in [2.45, 2.75) is 32.2 Å². The Bertz CT molecular complexity index is 463. The number of nitrogens with two attached hydrogens (primary N) is 1. The topological polar surface area (TPSA) is 70.3 Å². The Morgan fingerprint density at radius 2 is 2.25 bits per heavy atom. The van der Waals surface area contributed by atoms with E-state index < -0.39 is 0 Å². The average molecular weight is 276 g/mol.